The Morgan fingerprint density at radius 1 is 1.38 bits per heavy atom. The van der Waals surface area contributed by atoms with Crippen LogP contribution in [-0.2, 0) is 12.2 Å². The predicted octanol–water partition coefficient (Wildman–Crippen LogP) is 3.08. The fraction of sp³-hybridized carbons (Fsp3) is 0.250. The molecule has 0 unspecified atom stereocenters. The average molecular weight is 296 g/mol. The maximum Gasteiger partial charge on any atom is 0.193 e. The highest BCUT2D eigenvalue weighted by Crippen LogP contribution is 2.24. The molecule has 0 atom stereocenters. The molecule has 2 heterocycles. The van der Waals surface area contributed by atoms with Gasteiger partial charge in [0.05, 0.1) is 5.52 Å². The van der Waals surface area contributed by atoms with Crippen LogP contribution in [0, 0.1) is 0 Å². The van der Waals surface area contributed by atoms with Crippen molar-refractivity contribution in [2.24, 2.45) is 0 Å². The van der Waals surface area contributed by atoms with E-state index in [0.29, 0.717) is 0 Å². The zero-order valence-corrected chi connectivity index (χ0v) is 11.0. The molecular formula is C12H10BrNOS. The minimum Gasteiger partial charge on any atom is -0.358 e. The van der Waals surface area contributed by atoms with Crippen molar-refractivity contribution in [2.45, 2.75) is 12.2 Å². The quantitative estimate of drug-likeness (QED) is 0.810. The van der Waals surface area contributed by atoms with Gasteiger partial charge in [0.1, 0.15) is 0 Å². The van der Waals surface area contributed by atoms with Crippen molar-refractivity contribution in [1.29, 1.82) is 0 Å². The second kappa shape index (κ2) is 3.93. The van der Waals surface area contributed by atoms with Crippen molar-refractivity contribution in [3.05, 3.63) is 44.2 Å². The van der Waals surface area contributed by atoms with Crippen LogP contribution < -0.4 is 5.43 Å². The van der Waals surface area contributed by atoms with E-state index >= 15 is 0 Å². The average Bonchev–Trinajstić information content (AvgIpc) is 2.29. The molecule has 3 rings (SSSR count). The largest absolute Gasteiger partial charge is 0.358 e. The maximum atomic E-state index is 12.2. The summed E-state index contributed by atoms with van der Waals surface area (Å²) in [4.78, 5) is 15.6. The molecule has 1 aliphatic rings. The van der Waals surface area contributed by atoms with Gasteiger partial charge in [0.25, 0.3) is 0 Å². The molecule has 0 amide bonds. The van der Waals surface area contributed by atoms with E-state index in [1.807, 2.05) is 30.0 Å². The lowest BCUT2D eigenvalue weighted by molar-refractivity contribution is 1.00. The third-order valence-electron chi connectivity index (χ3n) is 2.89. The summed E-state index contributed by atoms with van der Waals surface area (Å²) in [5.74, 6) is 1.94. The number of rotatable bonds is 0. The second-order valence-electron chi connectivity index (χ2n) is 3.90. The van der Waals surface area contributed by atoms with Crippen molar-refractivity contribution in [2.75, 3.05) is 5.75 Å². The van der Waals surface area contributed by atoms with Crippen LogP contribution in [0.2, 0.25) is 0 Å². The van der Waals surface area contributed by atoms with Crippen LogP contribution in [0.4, 0.5) is 0 Å². The summed E-state index contributed by atoms with van der Waals surface area (Å²) >= 11 is 5.26. The molecule has 1 aromatic heterocycles. The van der Waals surface area contributed by atoms with Gasteiger partial charge in [-0.1, -0.05) is 15.9 Å². The number of fused-ring (bicyclic) bond motifs is 2. The van der Waals surface area contributed by atoms with Crippen LogP contribution in [0.15, 0.2) is 27.5 Å². The van der Waals surface area contributed by atoms with E-state index in [1.165, 1.54) is 0 Å². The van der Waals surface area contributed by atoms with Gasteiger partial charge in [-0.05, 0) is 30.4 Å². The van der Waals surface area contributed by atoms with E-state index in [4.69, 9.17) is 0 Å². The smallest absolute Gasteiger partial charge is 0.193 e. The molecule has 0 aliphatic carbocycles. The number of nitrogens with one attached hydrogen (secondary N) is 1. The molecule has 1 aliphatic heterocycles. The lowest BCUT2D eigenvalue weighted by Gasteiger charge is -2.15. The second-order valence-corrected chi connectivity index (χ2v) is 5.92. The highest BCUT2D eigenvalue weighted by Gasteiger charge is 2.15. The first-order valence-corrected chi connectivity index (χ1v) is 7.11. The standard InChI is InChI=1S/C12H10BrNOS/c13-7-1-2-8-11(5-7)14-10-3-4-16-6-9(10)12(8)15/h1-2,5H,3-4,6H2,(H,14,15). The lowest BCUT2D eigenvalue weighted by atomic mass is 10.1. The fourth-order valence-electron chi connectivity index (χ4n) is 2.07. The van der Waals surface area contributed by atoms with Crippen LogP contribution in [0.1, 0.15) is 11.3 Å². The molecule has 1 N–H and O–H groups in total. The molecule has 0 bridgehead atoms. The molecule has 16 heavy (non-hydrogen) atoms. The van der Waals surface area contributed by atoms with Gasteiger partial charge in [0.15, 0.2) is 5.43 Å². The van der Waals surface area contributed by atoms with Gasteiger partial charge in [-0.15, -0.1) is 0 Å². The summed E-state index contributed by atoms with van der Waals surface area (Å²) in [7, 11) is 0. The van der Waals surface area contributed by atoms with Gasteiger partial charge in [-0.25, -0.2) is 0 Å². The molecule has 0 radical (unpaired) electrons. The number of H-pyrrole nitrogens is 1. The van der Waals surface area contributed by atoms with Crippen LogP contribution in [-0.4, -0.2) is 10.7 Å². The van der Waals surface area contributed by atoms with Crippen LogP contribution in [0.5, 0.6) is 0 Å². The molecule has 0 spiro atoms. The summed E-state index contributed by atoms with van der Waals surface area (Å²) in [5, 5.41) is 0.796. The van der Waals surface area contributed by atoms with E-state index < -0.39 is 0 Å². The first-order valence-electron chi connectivity index (χ1n) is 5.17. The Morgan fingerprint density at radius 3 is 3.12 bits per heavy atom. The van der Waals surface area contributed by atoms with Crippen molar-refractivity contribution < 1.29 is 0 Å². The van der Waals surface area contributed by atoms with Gasteiger partial charge >= 0.3 is 0 Å². The zero-order valence-electron chi connectivity index (χ0n) is 8.55. The maximum absolute atomic E-state index is 12.2. The highest BCUT2D eigenvalue weighted by atomic mass is 79.9. The number of benzene rings is 1. The first-order chi connectivity index (χ1) is 7.75. The Hall–Kier alpha value is -0.740. The van der Waals surface area contributed by atoms with E-state index in [9.17, 15) is 4.79 Å². The van der Waals surface area contributed by atoms with Gasteiger partial charge in [0.2, 0.25) is 0 Å². The Balaban J connectivity index is 2.39. The Bertz CT molecular complexity index is 620. The summed E-state index contributed by atoms with van der Waals surface area (Å²) in [6.45, 7) is 0. The normalized spacial score (nSPS) is 15.1. The molecule has 4 heteroatoms. The van der Waals surface area contributed by atoms with Gasteiger partial charge in [-0.3, -0.25) is 4.79 Å². The third-order valence-corrected chi connectivity index (χ3v) is 4.37. The minimum absolute atomic E-state index is 0.198. The molecule has 0 fully saturated rings. The molecule has 1 aromatic carbocycles. The zero-order chi connectivity index (χ0) is 11.1. The number of pyridine rings is 1. The number of thioether (sulfide) groups is 1. The number of aryl methyl sites for hydroxylation is 1. The van der Waals surface area contributed by atoms with Gasteiger partial charge in [0, 0.05) is 26.9 Å². The summed E-state index contributed by atoms with van der Waals surface area (Å²) in [6, 6.07) is 5.77. The Morgan fingerprint density at radius 2 is 2.25 bits per heavy atom. The monoisotopic (exact) mass is 295 g/mol. The number of aromatic nitrogens is 1. The fourth-order valence-corrected chi connectivity index (χ4v) is 3.43. The van der Waals surface area contributed by atoms with E-state index in [0.717, 1.165) is 44.6 Å². The Labute approximate surface area is 106 Å². The third kappa shape index (κ3) is 1.60. The Kier molecular flexibility index (Phi) is 2.56. The summed E-state index contributed by atoms with van der Waals surface area (Å²) < 4.78 is 1.00. The molecule has 82 valence electrons. The number of aromatic amines is 1. The summed E-state index contributed by atoms with van der Waals surface area (Å²) in [6.07, 6.45) is 0.970. The molecule has 2 aromatic rings. The SMILES string of the molecule is O=c1c2c([nH]c3cc(Br)ccc13)CCSC2. The lowest BCUT2D eigenvalue weighted by Crippen LogP contribution is -2.17. The van der Waals surface area contributed by atoms with E-state index in [-0.39, 0.29) is 5.43 Å². The molecule has 0 saturated carbocycles. The van der Waals surface area contributed by atoms with Crippen molar-refractivity contribution in [3.63, 3.8) is 0 Å². The van der Waals surface area contributed by atoms with Gasteiger partial charge in [-0.2, -0.15) is 11.8 Å². The van der Waals surface area contributed by atoms with Gasteiger partial charge < -0.3 is 4.98 Å². The van der Waals surface area contributed by atoms with E-state index in [2.05, 4.69) is 20.9 Å². The van der Waals surface area contributed by atoms with Crippen LogP contribution in [0.25, 0.3) is 10.9 Å². The van der Waals surface area contributed by atoms with Crippen LogP contribution >= 0.6 is 27.7 Å². The molecule has 2 nitrogen and oxygen atoms in total. The number of hydrogen-bond donors (Lipinski definition) is 1. The molecular weight excluding hydrogens is 286 g/mol. The van der Waals surface area contributed by atoms with Crippen molar-refractivity contribution in [3.8, 4) is 0 Å². The highest BCUT2D eigenvalue weighted by molar-refractivity contribution is 9.10. The van der Waals surface area contributed by atoms with Crippen LogP contribution in [0.3, 0.4) is 0 Å². The van der Waals surface area contributed by atoms with E-state index in [1.54, 1.807) is 0 Å². The molecule has 0 saturated heterocycles. The topological polar surface area (TPSA) is 32.9 Å². The predicted molar refractivity (Wildman–Crippen MR) is 72.1 cm³/mol. The van der Waals surface area contributed by atoms with Crippen molar-refractivity contribution in [1.82, 2.24) is 4.98 Å². The first kappa shape index (κ1) is 10.4. The minimum atomic E-state index is 0.198. The summed E-state index contributed by atoms with van der Waals surface area (Å²) in [5.41, 5.74) is 3.22. The number of halogens is 1. The number of hydrogen-bond acceptors (Lipinski definition) is 2. The van der Waals surface area contributed by atoms with Crippen molar-refractivity contribution >= 4 is 38.6 Å².